The Bertz CT molecular complexity index is 904. The first-order valence-electron chi connectivity index (χ1n) is 9.59. The molecule has 0 saturated carbocycles. The maximum Gasteiger partial charge on any atom is 0.278 e. The van der Waals surface area contributed by atoms with Crippen molar-refractivity contribution in [2.75, 3.05) is 32.2 Å². The number of ether oxygens (including phenoxy) is 2. The van der Waals surface area contributed by atoms with Crippen molar-refractivity contribution in [3.8, 4) is 5.75 Å². The van der Waals surface area contributed by atoms with E-state index < -0.39 is 0 Å². The number of rotatable bonds is 8. The predicted molar refractivity (Wildman–Crippen MR) is 113 cm³/mol. The highest BCUT2D eigenvalue weighted by atomic mass is 16.5. The fourth-order valence-electron chi connectivity index (χ4n) is 3.27. The number of anilines is 1. The lowest BCUT2D eigenvalue weighted by Crippen LogP contribution is -2.36. The Hall–Kier alpha value is -3.12. The Morgan fingerprint density at radius 1 is 0.966 bits per heavy atom. The molecule has 2 aromatic rings. The molecule has 0 radical (unpaired) electrons. The van der Waals surface area contributed by atoms with Gasteiger partial charge in [-0.05, 0) is 43.7 Å². The van der Waals surface area contributed by atoms with E-state index >= 15 is 0 Å². The van der Waals surface area contributed by atoms with E-state index in [9.17, 15) is 9.59 Å². The zero-order chi connectivity index (χ0) is 21.0. The third kappa shape index (κ3) is 4.32. The van der Waals surface area contributed by atoms with Gasteiger partial charge in [-0.25, -0.2) is 0 Å². The number of hydrogen-bond acceptors (Lipinski definition) is 5. The third-order valence-electron chi connectivity index (χ3n) is 4.66. The number of carbonyl (C=O) groups excluding carboxylic acids is 2. The molecule has 0 spiro atoms. The van der Waals surface area contributed by atoms with E-state index in [1.165, 1.54) is 4.90 Å². The number of likely N-dealkylation sites (N-methyl/N-ethyl adjacent to an activating group) is 1. The van der Waals surface area contributed by atoms with Crippen LogP contribution in [0.5, 0.6) is 5.75 Å². The number of nitrogens with zero attached hydrogens (tertiary/aromatic N) is 2. The fourth-order valence-corrected chi connectivity index (χ4v) is 3.27. The highest BCUT2D eigenvalue weighted by molar-refractivity contribution is 6.36. The molecule has 0 aromatic heterocycles. The number of methoxy groups -OCH3 is 1. The SMILES string of the molecule is COCCN1C(=O)C(c2ccc(OC(C)C)cc2)=C(N(C)c2ccccc2)C1=O. The van der Waals surface area contributed by atoms with Gasteiger partial charge in [-0.3, -0.25) is 14.5 Å². The van der Waals surface area contributed by atoms with Crippen LogP contribution in [0.25, 0.3) is 5.57 Å². The van der Waals surface area contributed by atoms with E-state index in [0.717, 1.165) is 11.4 Å². The summed E-state index contributed by atoms with van der Waals surface area (Å²) in [7, 11) is 3.34. The van der Waals surface area contributed by atoms with E-state index in [1.807, 2.05) is 68.4 Å². The zero-order valence-electron chi connectivity index (χ0n) is 17.2. The monoisotopic (exact) mass is 394 g/mol. The third-order valence-corrected chi connectivity index (χ3v) is 4.66. The van der Waals surface area contributed by atoms with E-state index in [-0.39, 0.29) is 31.1 Å². The molecule has 0 fully saturated rings. The predicted octanol–water partition coefficient (Wildman–Crippen LogP) is 3.34. The number of imide groups is 1. The summed E-state index contributed by atoms with van der Waals surface area (Å²) in [6.07, 6.45) is 0.0547. The fraction of sp³-hybridized carbons (Fsp3) is 0.304. The van der Waals surface area contributed by atoms with E-state index in [0.29, 0.717) is 16.8 Å². The molecule has 1 aliphatic heterocycles. The first-order valence-corrected chi connectivity index (χ1v) is 9.59. The average molecular weight is 394 g/mol. The van der Waals surface area contributed by atoms with Gasteiger partial charge in [0.25, 0.3) is 11.8 Å². The van der Waals surface area contributed by atoms with Gasteiger partial charge in [-0.15, -0.1) is 0 Å². The van der Waals surface area contributed by atoms with Gasteiger partial charge in [0.1, 0.15) is 11.4 Å². The number of para-hydroxylation sites is 1. The van der Waals surface area contributed by atoms with Crippen molar-refractivity contribution >= 4 is 23.1 Å². The van der Waals surface area contributed by atoms with Crippen molar-refractivity contribution in [3.05, 3.63) is 65.9 Å². The smallest absolute Gasteiger partial charge is 0.278 e. The Morgan fingerprint density at radius 2 is 1.62 bits per heavy atom. The molecule has 6 heteroatoms. The van der Waals surface area contributed by atoms with Gasteiger partial charge in [0.2, 0.25) is 0 Å². The molecule has 0 unspecified atom stereocenters. The van der Waals surface area contributed by atoms with Crippen LogP contribution in [0.1, 0.15) is 19.4 Å². The van der Waals surface area contributed by atoms with Crippen LogP contribution in [0.4, 0.5) is 5.69 Å². The molecule has 6 nitrogen and oxygen atoms in total. The minimum atomic E-state index is -0.323. The standard InChI is InChI=1S/C23H26N2O4/c1-16(2)29-19-12-10-17(11-13-19)20-21(24(3)18-8-6-5-7-9-18)23(27)25(22(20)26)14-15-28-4/h5-13,16H,14-15H2,1-4H3. The van der Waals surface area contributed by atoms with E-state index in [2.05, 4.69) is 0 Å². The van der Waals surface area contributed by atoms with Crippen molar-refractivity contribution in [1.29, 1.82) is 0 Å². The van der Waals surface area contributed by atoms with Crippen LogP contribution in [0.3, 0.4) is 0 Å². The van der Waals surface area contributed by atoms with Gasteiger partial charge in [0, 0.05) is 19.8 Å². The molecule has 29 heavy (non-hydrogen) atoms. The minimum absolute atomic E-state index is 0.0547. The molecule has 2 aromatic carbocycles. The Labute approximate surface area is 171 Å². The van der Waals surface area contributed by atoms with Crippen LogP contribution in [0.15, 0.2) is 60.3 Å². The van der Waals surface area contributed by atoms with Crippen LogP contribution in [-0.4, -0.2) is 50.1 Å². The molecule has 0 N–H and O–H groups in total. The molecule has 0 bridgehead atoms. The molecule has 2 amide bonds. The summed E-state index contributed by atoms with van der Waals surface area (Å²) >= 11 is 0. The van der Waals surface area contributed by atoms with E-state index in [4.69, 9.17) is 9.47 Å². The van der Waals surface area contributed by atoms with Crippen LogP contribution in [0.2, 0.25) is 0 Å². The number of amides is 2. The molecule has 0 aliphatic carbocycles. The number of carbonyl (C=O) groups is 2. The molecular weight excluding hydrogens is 368 g/mol. The molecule has 3 rings (SSSR count). The molecule has 1 aliphatic rings. The van der Waals surface area contributed by atoms with Crippen molar-refractivity contribution in [2.24, 2.45) is 0 Å². The lowest BCUT2D eigenvalue weighted by atomic mass is 10.0. The normalized spacial score (nSPS) is 14.2. The summed E-state index contributed by atoms with van der Waals surface area (Å²) in [4.78, 5) is 29.3. The Kier molecular flexibility index (Phi) is 6.34. The molecule has 0 atom stereocenters. The molecular formula is C23H26N2O4. The molecule has 152 valence electrons. The van der Waals surface area contributed by atoms with Crippen molar-refractivity contribution in [2.45, 2.75) is 20.0 Å². The first kappa shape index (κ1) is 20.6. The maximum atomic E-state index is 13.2. The zero-order valence-corrected chi connectivity index (χ0v) is 17.2. The van der Waals surface area contributed by atoms with Crippen LogP contribution in [-0.2, 0) is 14.3 Å². The summed E-state index contributed by atoms with van der Waals surface area (Å²) in [6.45, 7) is 4.40. The van der Waals surface area contributed by atoms with Crippen LogP contribution >= 0.6 is 0 Å². The van der Waals surface area contributed by atoms with E-state index in [1.54, 1.807) is 19.1 Å². The highest BCUT2D eigenvalue weighted by Gasteiger charge is 2.40. The lowest BCUT2D eigenvalue weighted by Gasteiger charge is -2.21. The summed E-state index contributed by atoms with van der Waals surface area (Å²) in [5.74, 6) is 0.0774. The van der Waals surface area contributed by atoms with Crippen LogP contribution in [0, 0.1) is 0 Å². The maximum absolute atomic E-state index is 13.2. The first-order chi connectivity index (χ1) is 13.9. The second-order valence-electron chi connectivity index (χ2n) is 7.06. The highest BCUT2D eigenvalue weighted by Crippen LogP contribution is 2.34. The second kappa shape index (κ2) is 8.92. The van der Waals surface area contributed by atoms with Gasteiger partial charge in [-0.2, -0.15) is 0 Å². The van der Waals surface area contributed by atoms with Gasteiger partial charge < -0.3 is 14.4 Å². The largest absolute Gasteiger partial charge is 0.491 e. The molecule has 0 saturated heterocycles. The number of hydrogen-bond donors (Lipinski definition) is 0. The number of benzene rings is 2. The summed E-state index contributed by atoms with van der Waals surface area (Å²) in [5, 5.41) is 0. The van der Waals surface area contributed by atoms with Crippen molar-refractivity contribution in [1.82, 2.24) is 4.90 Å². The Morgan fingerprint density at radius 3 is 2.21 bits per heavy atom. The molecule has 1 heterocycles. The van der Waals surface area contributed by atoms with Gasteiger partial charge in [0.05, 0.1) is 24.8 Å². The summed E-state index contributed by atoms with van der Waals surface area (Å²) < 4.78 is 10.8. The van der Waals surface area contributed by atoms with Gasteiger partial charge >= 0.3 is 0 Å². The van der Waals surface area contributed by atoms with Crippen molar-refractivity contribution in [3.63, 3.8) is 0 Å². The van der Waals surface area contributed by atoms with Gasteiger partial charge in [-0.1, -0.05) is 30.3 Å². The van der Waals surface area contributed by atoms with Crippen molar-refractivity contribution < 1.29 is 19.1 Å². The quantitative estimate of drug-likeness (QED) is 0.643. The Balaban J connectivity index is 2.04. The lowest BCUT2D eigenvalue weighted by molar-refractivity contribution is -0.137. The topological polar surface area (TPSA) is 59.1 Å². The van der Waals surface area contributed by atoms with Gasteiger partial charge in [0.15, 0.2) is 0 Å². The summed E-state index contributed by atoms with van der Waals surface area (Å²) in [5.41, 5.74) is 2.25. The average Bonchev–Trinajstić information content (AvgIpc) is 2.96. The van der Waals surface area contributed by atoms with Crippen LogP contribution < -0.4 is 9.64 Å². The summed E-state index contributed by atoms with van der Waals surface area (Å²) in [6, 6.07) is 16.8. The second-order valence-corrected chi connectivity index (χ2v) is 7.06. The minimum Gasteiger partial charge on any atom is -0.491 e.